The number of pyridine rings is 1. The summed E-state index contributed by atoms with van der Waals surface area (Å²) in [5.41, 5.74) is 3.91. The standard InChI is InChI=1S/C34H28N2O6/c1-20-10-15-29-27(16-20)28(34(40)42-19-31(37)22-6-5-7-24(17-22)41-2)18-30(35-29)21-11-13-23(14-12-21)36-32(38)25-8-3-4-9-26(25)33(36)39/h3-7,10-18,25-26H,8-9,19H2,1-2H3/t25-,26-/m1/s1. The number of allylic oxidation sites excluding steroid dienone is 2. The van der Waals surface area contributed by atoms with Gasteiger partial charge in [0.25, 0.3) is 0 Å². The Hall–Kier alpha value is -5.11. The van der Waals surface area contributed by atoms with Crippen LogP contribution in [-0.4, -0.2) is 42.3 Å². The average Bonchev–Trinajstić information content (AvgIpc) is 3.28. The van der Waals surface area contributed by atoms with E-state index in [0.717, 1.165) is 5.56 Å². The Balaban J connectivity index is 1.27. The first-order valence-corrected chi connectivity index (χ1v) is 13.7. The molecular weight excluding hydrogens is 532 g/mol. The number of rotatable bonds is 7. The minimum absolute atomic E-state index is 0.171. The van der Waals surface area contributed by atoms with Crippen molar-refractivity contribution in [1.29, 1.82) is 0 Å². The molecule has 1 aliphatic heterocycles. The van der Waals surface area contributed by atoms with Crippen molar-refractivity contribution in [2.45, 2.75) is 19.8 Å². The van der Waals surface area contributed by atoms with Crippen LogP contribution >= 0.6 is 0 Å². The van der Waals surface area contributed by atoms with Gasteiger partial charge in [-0.15, -0.1) is 0 Å². The van der Waals surface area contributed by atoms with Gasteiger partial charge in [0.2, 0.25) is 11.8 Å². The number of anilines is 1. The lowest BCUT2D eigenvalue weighted by atomic mass is 9.85. The molecule has 1 aliphatic carbocycles. The zero-order chi connectivity index (χ0) is 29.4. The summed E-state index contributed by atoms with van der Waals surface area (Å²) in [6, 6.07) is 20.9. The van der Waals surface area contributed by atoms with Crippen LogP contribution in [0.15, 0.2) is 84.9 Å². The van der Waals surface area contributed by atoms with Crippen molar-refractivity contribution >= 4 is 40.2 Å². The number of carbonyl (C=O) groups excluding carboxylic acids is 4. The Morgan fingerprint density at radius 3 is 2.31 bits per heavy atom. The maximum Gasteiger partial charge on any atom is 0.339 e. The van der Waals surface area contributed by atoms with Gasteiger partial charge in [0.1, 0.15) is 5.75 Å². The fraction of sp³-hybridized carbons (Fsp3) is 0.206. The lowest BCUT2D eigenvalue weighted by molar-refractivity contribution is -0.122. The number of fused-ring (bicyclic) bond motifs is 2. The zero-order valence-corrected chi connectivity index (χ0v) is 23.2. The number of hydrogen-bond donors (Lipinski definition) is 0. The van der Waals surface area contributed by atoms with E-state index in [1.165, 1.54) is 12.0 Å². The van der Waals surface area contributed by atoms with E-state index < -0.39 is 12.6 Å². The first-order chi connectivity index (χ1) is 20.3. The number of ketones is 1. The van der Waals surface area contributed by atoms with Crippen LogP contribution in [0.25, 0.3) is 22.2 Å². The molecule has 2 atom stereocenters. The van der Waals surface area contributed by atoms with E-state index in [-0.39, 0.29) is 35.0 Å². The number of imide groups is 1. The van der Waals surface area contributed by atoms with Crippen molar-refractivity contribution in [3.8, 4) is 17.0 Å². The summed E-state index contributed by atoms with van der Waals surface area (Å²) in [6.45, 7) is 1.49. The van der Waals surface area contributed by atoms with Crippen LogP contribution in [0.4, 0.5) is 5.69 Å². The summed E-state index contributed by atoms with van der Waals surface area (Å²) in [5, 5.41) is 0.610. The molecule has 2 amide bonds. The molecule has 1 saturated heterocycles. The van der Waals surface area contributed by atoms with Gasteiger partial charge in [-0.1, -0.05) is 48.0 Å². The minimum atomic E-state index is -0.647. The zero-order valence-electron chi connectivity index (χ0n) is 23.2. The number of ether oxygens (including phenoxy) is 2. The van der Waals surface area contributed by atoms with Crippen molar-refractivity contribution < 1.29 is 28.7 Å². The van der Waals surface area contributed by atoms with Gasteiger partial charge in [0, 0.05) is 16.5 Å². The molecule has 1 fully saturated rings. The summed E-state index contributed by atoms with van der Waals surface area (Å²) < 4.78 is 10.6. The third kappa shape index (κ3) is 4.96. The van der Waals surface area contributed by atoms with Gasteiger partial charge < -0.3 is 9.47 Å². The molecule has 2 aliphatic rings. The second kappa shape index (κ2) is 11.0. The minimum Gasteiger partial charge on any atom is -0.497 e. The number of nitrogens with zero attached hydrogens (tertiary/aromatic N) is 2. The summed E-state index contributed by atoms with van der Waals surface area (Å²) in [5.74, 6) is -1.42. The predicted molar refractivity (Wildman–Crippen MR) is 157 cm³/mol. The number of hydrogen-bond acceptors (Lipinski definition) is 7. The van der Waals surface area contributed by atoms with E-state index in [1.807, 2.05) is 37.3 Å². The number of aryl methyl sites for hydroxylation is 1. The Morgan fingerprint density at radius 1 is 0.905 bits per heavy atom. The topological polar surface area (TPSA) is 103 Å². The van der Waals surface area contributed by atoms with Gasteiger partial charge in [0.15, 0.2) is 12.4 Å². The number of carbonyl (C=O) groups is 4. The smallest absolute Gasteiger partial charge is 0.339 e. The fourth-order valence-electron chi connectivity index (χ4n) is 5.58. The third-order valence-electron chi connectivity index (χ3n) is 7.84. The van der Waals surface area contributed by atoms with E-state index in [2.05, 4.69) is 0 Å². The number of methoxy groups -OCH3 is 1. The molecule has 3 aromatic carbocycles. The molecule has 42 heavy (non-hydrogen) atoms. The molecule has 8 nitrogen and oxygen atoms in total. The van der Waals surface area contributed by atoms with Crippen molar-refractivity contribution in [2.75, 3.05) is 18.6 Å². The van der Waals surface area contributed by atoms with E-state index in [1.54, 1.807) is 54.6 Å². The maximum atomic E-state index is 13.3. The molecular formula is C34H28N2O6. The number of amides is 2. The summed E-state index contributed by atoms with van der Waals surface area (Å²) >= 11 is 0. The lowest BCUT2D eigenvalue weighted by Crippen LogP contribution is -2.30. The third-order valence-corrected chi connectivity index (χ3v) is 7.84. The molecule has 8 heteroatoms. The van der Waals surface area contributed by atoms with Crippen LogP contribution in [0.1, 0.15) is 39.1 Å². The second-order valence-electron chi connectivity index (χ2n) is 10.5. The Kier molecular flexibility index (Phi) is 7.12. The molecule has 4 aromatic rings. The summed E-state index contributed by atoms with van der Waals surface area (Å²) in [6.07, 6.45) is 5.08. The van der Waals surface area contributed by atoms with Crippen molar-refractivity contribution in [3.05, 3.63) is 102 Å². The second-order valence-corrected chi connectivity index (χ2v) is 10.5. The molecule has 0 radical (unpaired) electrons. The maximum absolute atomic E-state index is 13.3. The van der Waals surface area contributed by atoms with Crippen LogP contribution in [-0.2, 0) is 14.3 Å². The van der Waals surface area contributed by atoms with Gasteiger partial charge in [-0.05, 0) is 62.2 Å². The highest BCUT2D eigenvalue weighted by Gasteiger charge is 2.47. The van der Waals surface area contributed by atoms with Gasteiger partial charge in [-0.3, -0.25) is 19.3 Å². The predicted octanol–water partition coefficient (Wildman–Crippen LogP) is 5.71. The Labute approximate surface area is 242 Å². The molecule has 1 aromatic heterocycles. The number of aromatic nitrogens is 1. The van der Waals surface area contributed by atoms with Crippen molar-refractivity contribution in [1.82, 2.24) is 4.98 Å². The Bertz CT molecular complexity index is 1750. The molecule has 2 heterocycles. The van der Waals surface area contributed by atoms with Gasteiger partial charge in [0.05, 0.1) is 41.4 Å². The molecule has 6 rings (SSSR count). The van der Waals surface area contributed by atoms with Crippen LogP contribution < -0.4 is 9.64 Å². The van der Waals surface area contributed by atoms with E-state index in [9.17, 15) is 19.2 Å². The van der Waals surface area contributed by atoms with Crippen molar-refractivity contribution in [3.63, 3.8) is 0 Å². The fourth-order valence-corrected chi connectivity index (χ4v) is 5.58. The van der Waals surface area contributed by atoms with Gasteiger partial charge in [-0.2, -0.15) is 0 Å². The Morgan fingerprint density at radius 2 is 1.62 bits per heavy atom. The highest BCUT2D eigenvalue weighted by atomic mass is 16.5. The number of benzene rings is 3. The summed E-state index contributed by atoms with van der Waals surface area (Å²) in [7, 11) is 1.51. The molecule has 210 valence electrons. The first kappa shape index (κ1) is 27.1. The van der Waals surface area contributed by atoms with Crippen LogP contribution in [0.5, 0.6) is 5.75 Å². The average molecular weight is 561 g/mol. The monoisotopic (exact) mass is 560 g/mol. The van der Waals surface area contributed by atoms with Crippen molar-refractivity contribution in [2.24, 2.45) is 11.8 Å². The number of Topliss-reactive ketones (excluding diaryl/α,β-unsaturated/α-hetero) is 1. The molecule has 0 spiro atoms. The molecule has 0 bridgehead atoms. The quantitative estimate of drug-likeness (QED) is 0.123. The summed E-state index contributed by atoms with van der Waals surface area (Å²) in [4.78, 5) is 58.1. The van der Waals surface area contributed by atoms with E-state index >= 15 is 0 Å². The first-order valence-electron chi connectivity index (χ1n) is 13.7. The number of esters is 1. The molecule has 0 unspecified atom stereocenters. The van der Waals surface area contributed by atoms with E-state index in [0.29, 0.717) is 52.0 Å². The van der Waals surface area contributed by atoms with Crippen LogP contribution in [0.2, 0.25) is 0 Å². The lowest BCUT2D eigenvalue weighted by Gasteiger charge is -2.15. The molecule has 0 saturated carbocycles. The SMILES string of the molecule is COc1cccc(C(=O)COC(=O)c2cc(-c3ccc(N4C(=O)[C@@H]5CC=CC[C@H]5C4=O)cc3)nc3ccc(C)cc23)c1. The van der Waals surface area contributed by atoms with Crippen LogP contribution in [0, 0.1) is 18.8 Å². The van der Waals surface area contributed by atoms with E-state index in [4.69, 9.17) is 14.5 Å². The van der Waals surface area contributed by atoms with Crippen LogP contribution in [0.3, 0.4) is 0 Å². The van der Waals surface area contributed by atoms with Gasteiger partial charge >= 0.3 is 5.97 Å². The molecule has 0 N–H and O–H groups in total. The largest absolute Gasteiger partial charge is 0.497 e. The highest BCUT2D eigenvalue weighted by molar-refractivity contribution is 6.22. The highest BCUT2D eigenvalue weighted by Crippen LogP contribution is 2.38. The normalized spacial score (nSPS) is 17.8. The van der Waals surface area contributed by atoms with Gasteiger partial charge in [-0.25, -0.2) is 9.78 Å².